The molecule has 2 fully saturated rings. The maximum absolute atomic E-state index is 13.1. The standard InChI is InChI=1S/C23H26N4O5S/c1-16-6-4-9-19(23(30)26-11-2-3-12-26)21(16)25-22(29)17-7-5-8-18(14-17)33(31,32)27-13-10-24-20(28)15-27/h4-9,14H,2-3,10-13,15H2,1H3,(H,24,28)(H,25,29). The summed E-state index contributed by atoms with van der Waals surface area (Å²) in [4.78, 5) is 39.4. The van der Waals surface area contributed by atoms with Crippen LogP contribution in [0.5, 0.6) is 0 Å². The fourth-order valence-corrected chi connectivity index (χ4v) is 5.50. The molecule has 174 valence electrons. The molecule has 2 heterocycles. The first-order chi connectivity index (χ1) is 15.8. The summed E-state index contributed by atoms with van der Waals surface area (Å²) in [6.45, 7) is 3.32. The number of amides is 3. The fourth-order valence-electron chi connectivity index (χ4n) is 4.06. The summed E-state index contributed by atoms with van der Waals surface area (Å²) in [6, 6.07) is 10.9. The predicted molar refractivity (Wildman–Crippen MR) is 122 cm³/mol. The molecule has 10 heteroatoms. The van der Waals surface area contributed by atoms with Crippen LogP contribution in [0.15, 0.2) is 47.4 Å². The first-order valence-electron chi connectivity index (χ1n) is 10.8. The highest BCUT2D eigenvalue weighted by Crippen LogP contribution is 2.25. The zero-order valence-corrected chi connectivity index (χ0v) is 19.2. The number of rotatable bonds is 5. The monoisotopic (exact) mass is 470 g/mol. The minimum absolute atomic E-state index is 0.0667. The molecule has 0 radical (unpaired) electrons. The van der Waals surface area contributed by atoms with Crippen molar-refractivity contribution in [3.63, 3.8) is 0 Å². The molecule has 2 aliphatic heterocycles. The van der Waals surface area contributed by atoms with E-state index < -0.39 is 15.9 Å². The second-order valence-electron chi connectivity index (χ2n) is 8.17. The lowest BCUT2D eigenvalue weighted by molar-refractivity contribution is -0.122. The molecule has 3 amide bonds. The molecule has 2 aromatic rings. The van der Waals surface area contributed by atoms with Crippen LogP contribution < -0.4 is 10.6 Å². The van der Waals surface area contributed by atoms with Crippen LogP contribution in [0.4, 0.5) is 5.69 Å². The van der Waals surface area contributed by atoms with E-state index in [2.05, 4.69) is 10.6 Å². The minimum atomic E-state index is -3.93. The summed E-state index contributed by atoms with van der Waals surface area (Å²) in [6.07, 6.45) is 1.92. The Bertz CT molecular complexity index is 1210. The van der Waals surface area contributed by atoms with Crippen molar-refractivity contribution < 1.29 is 22.8 Å². The van der Waals surface area contributed by atoms with E-state index in [0.717, 1.165) is 22.7 Å². The van der Waals surface area contributed by atoms with Gasteiger partial charge in [0, 0.05) is 31.7 Å². The smallest absolute Gasteiger partial charge is 0.255 e. The molecule has 0 aliphatic carbocycles. The Morgan fingerprint density at radius 3 is 2.48 bits per heavy atom. The Morgan fingerprint density at radius 1 is 1.03 bits per heavy atom. The van der Waals surface area contributed by atoms with Crippen LogP contribution in [0.25, 0.3) is 0 Å². The number of hydrogen-bond donors (Lipinski definition) is 2. The van der Waals surface area contributed by atoms with Gasteiger partial charge in [0.05, 0.1) is 22.7 Å². The van der Waals surface area contributed by atoms with Gasteiger partial charge in [-0.05, 0) is 49.6 Å². The lowest BCUT2D eigenvalue weighted by Crippen LogP contribution is -2.49. The van der Waals surface area contributed by atoms with Crippen LogP contribution in [0.1, 0.15) is 39.1 Å². The number of likely N-dealkylation sites (tertiary alicyclic amines) is 1. The highest BCUT2D eigenvalue weighted by molar-refractivity contribution is 7.89. The summed E-state index contributed by atoms with van der Waals surface area (Å²) >= 11 is 0. The number of aryl methyl sites for hydroxylation is 1. The van der Waals surface area contributed by atoms with Crippen molar-refractivity contribution in [3.05, 3.63) is 59.2 Å². The SMILES string of the molecule is Cc1cccc(C(=O)N2CCCC2)c1NC(=O)c1cccc(S(=O)(=O)N2CCNC(=O)C2)c1. The van der Waals surface area contributed by atoms with Crippen LogP contribution in [0.2, 0.25) is 0 Å². The summed E-state index contributed by atoms with van der Waals surface area (Å²) in [7, 11) is -3.93. The maximum atomic E-state index is 13.1. The van der Waals surface area contributed by atoms with Crippen molar-refractivity contribution in [2.24, 2.45) is 0 Å². The number of carbonyl (C=O) groups excluding carboxylic acids is 3. The van der Waals surface area contributed by atoms with Gasteiger partial charge in [-0.15, -0.1) is 0 Å². The van der Waals surface area contributed by atoms with Gasteiger partial charge in [0.2, 0.25) is 15.9 Å². The van der Waals surface area contributed by atoms with E-state index in [0.29, 0.717) is 24.3 Å². The lowest BCUT2D eigenvalue weighted by Gasteiger charge is -2.26. The van der Waals surface area contributed by atoms with Gasteiger partial charge < -0.3 is 15.5 Å². The van der Waals surface area contributed by atoms with Gasteiger partial charge in [-0.3, -0.25) is 14.4 Å². The first kappa shape index (κ1) is 22.9. The van der Waals surface area contributed by atoms with E-state index in [1.54, 1.807) is 30.0 Å². The molecule has 2 saturated heterocycles. The topological polar surface area (TPSA) is 116 Å². The normalized spacial score (nSPS) is 17.0. The molecule has 0 unspecified atom stereocenters. The van der Waals surface area contributed by atoms with Crippen molar-refractivity contribution in [3.8, 4) is 0 Å². The fraction of sp³-hybridized carbons (Fsp3) is 0.348. The molecule has 0 atom stereocenters. The van der Waals surface area contributed by atoms with Gasteiger partial charge in [-0.25, -0.2) is 8.42 Å². The van der Waals surface area contributed by atoms with Crippen LogP contribution in [-0.2, 0) is 14.8 Å². The molecule has 9 nitrogen and oxygen atoms in total. The van der Waals surface area contributed by atoms with E-state index in [9.17, 15) is 22.8 Å². The van der Waals surface area contributed by atoms with Crippen LogP contribution in [-0.4, -0.2) is 68.1 Å². The van der Waals surface area contributed by atoms with Crippen LogP contribution in [0, 0.1) is 6.92 Å². The zero-order valence-electron chi connectivity index (χ0n) is 18.3. The Hall–Kier alpha value is -3.24. The molecule has 2 aromatic carbocycles. The Morgan fingerprint density at radius 2 is 1.76 bits per heavy atom. The van der Waals surface area contributed by atoms with Crippen molar-refractivity contribution >= 4 is 33.4 Å². The second-order valence-corrected chi connectivity index (χ2v) is 10.1. The van der Waals surface area contributed by atoms with E-state index in [-0.39, 0.29) is 41.9 Å². The van der Waals surface area contributed by atoms with Gasteiger partial charge in [0.25, 0.3) is 11.8 Å². The largest absolute Gasteiger partial charge is 0.354 e. The van der Waals surface area contributed by atoms with Crippen molar-refractivity contribution in [1.82, 2.24) is 14.5 Å². The first-order valence-corrected chi connectivity index (χ1v) is 12.3. The number of carbonyl (C=O) groups is 3. The molecule has 0 saturated carbocycles. The third-order valence-electron chi connectivity index (χ3n) is 5.87. The Labute approximate surface area is 192 Å². The van der Waals surface area contributed by atoms with Crippen molar-refractivity contribution in [2.45, 2.75) is 24.7 Å². The second kappa shape index (κ2) is 9.32. The Balaban J connectivity index is 1.59. The maximum Gasteiger partial charge on any atom is 0.255 e. The predicted octanol–water partition coefficient (Wildman–Crippen LogP) is 1.60. The minimum Gasteiger partial charge on any atom is -0.354 e. The third-order valence-corrected chi connectivity index (χ3v) is 7.71. The molecule has 2 N–H and O–H groups in total. The van der Waals surface area contributed by atoms with Gasteiger partial charge in [0.15, 0.2) is 0 Å². The van der Waals surface area contributed by atoms with Crippen LogP contribution >= 0.6 is 0 Å². The number of nitrogens with one attached hydrogen (secondary N) is 2. The molecule has 33 heavy (non-hydrogen) atoms. The van der Waals surface area contributed by atoms with Crippen molar-refractivity contribution in [1.29, 1.82) is 0 Å². The Kier molecular flexibility index (Phi) is 6.48. The third kappa shape index (κ3) is 4.76. The highest BCUT2D eigenvalue weighted by Gasteiger charge is 2.30. The molecule has 0 bridgehead atoms. The van der Waals surface area contributed by atoms with E-state index >= 15 is 0 Å². The molecule has 0 aromatic heterocycles. The number of anilines is 1. The number of nitrogens with zero attached hydrogens (tertiary/aromatic N) is 2. The summed E-state index contributed by atoms with van der Waals surface area (Å²) in [5.74, 6) is -1.02. The van der Waals surface area contributed by atoms with E-state index in [4.69, 9.17) is 0 Å². The number of para-hydroxylation sites is 1. The highest BCUT2D eigenvalue weighted by atomic mass is 32.2. The summed E-state index contributed by atoms with van der Waals surface area (Å²) in [5.41, 5.74) is 1.70. The number of piperazine rings is 1. The van der Waals surface area contributed by atoms with Crippen LogP contribution in [0.3, 0.4) is 0 Å². The molecular weight excluding hydrogens is 444 g/mol. The average Bonchev–Trinajstić information content (AvgIpc) is 3.35. The number of hydrogen-bond acceptors (Lipinski definition) is 5. The molecule has 0 spiro atoms. The van der Waals surface area contributed by atoms with Gasteiger partial charge >= 0.3 is 0 Å². The van der Waals surface area contributed by atoms with Gasteiger partial charge in [-0.1, -0.05) is 18.2 Å². The van der Waals surface area contributed by atoms with E-state index in [1.807, 2.05) is 0 Å². The van der Waals surface area contributed by atoms with Crippen molar-refractivity contribution in [2.75, 3.05) is 38.0 Å². The lowest BCUT2D eigenvalue weighted by atomic mass is 10.1. The quantitative estimate of drug-likeness (QED) is 0.689. The molecule has 4 rings (SSSR count). The molecular formula is C23H26N4O5S. The number of benzene rings is 2. The van der Waals surface area contributed by atoms with Gasteiger partial charge in [-0.2, -0.15) is 4.31 Å². The van der Waals surface area contributed by atoms with E-state index in [1.165, 1.54) is 24.3 Å². The average molecular weight is 471 g/mol. The zero-order chi connectivity index (χ0) is 23.6. The molecule has 2 aliphatic rings. The summed E-state index contributed by atoms with van der Waals surface area (Å²) < 4.78 is 27.0. The van der Waals surface area contributed by atoms with Gasteiger partial charge in [0.1, 0.15) is 0 Å². The summed E-state index contributed by atoms with van der Waals surface area (Å²) in [5, 5.41) is 5.40. The number of sulfonamides is 1.